The predicted octanol–water partition coefficient (Wildman–Crippen LogP) is 3.86. The zero-order chi connectivity index (χ0) is 22.8. The highest BCUT2D eigenvalue weighted by atomic mass is 19.1. The number of halogens is 1. The molecule has 0 radical (unpaired) electrons. The van der Waals surface area contributed by atoms with Crippen molar-refractivity contribution >= 4 is 11.6 Å². The first-order chi connectivity index (χ1) is 14.5. The van der Waals surface area contributed by atoms with Gasteiger partial charge in [-0.3, -0.25) is 9.59 Å². The van der Waals surface area contributed by atoms with Crippen LogP contribution in [0.2, 0.25) is 0 Å². The van der Waals surface area contributed by atoms with Gasteiger partial charge in [-0.2, -0.15) is 0 Å². The summed E-state index contributed by atoms with van der Waals surface area (Å²) in [7, 11) is 1.52. The van der Waals surface area contributed by atoms with Crippen molar-refractivity contribution in [2.24, 2.45) is 22.7 Å². The first-order valence-corrected chi connectivity index (χ1v) is 11.1. The SMILES string of the molecule is C=C(C)OCC(=O)[C@@]1(OC)CCC2C3CCC4=CC(=O)C=C[C@]4(C)[C@@]3(F)[C@@H](O)C[C@@]21C. The van der Waals surface area contributed by atoms with Crippen LogP contribution in [0.5, 0.6) is 0 Å². The number of hydrogen-bond donors (Lipinski definition) is 1. The summed E-state index contributed by atoms with van der Waals surface area (Å²) in [6, 6.07) is 0. The van der Waals surface area contributed by atoms with Gasteiger partial charge in [0.05, 0.1) is 11.9 Å². The van der Waals surface area contributed by atoms with E-state index in [1.807, 2.05) is 6.92 Å². The van der Waals surface area contributed by atoms with Crippen molar-refractivity contribution in [3.05, 3.63) is 36.1 Å². The van der Waals surface area contributed by atoms with E-state index < -0.39 is 34.1 Å². The monoisotopic (exact) mass is 432 g/mol. The van der Waals surface area contributed by atoms with Gasteiger partial charge in [0.25, 0.3) is 0 Å². The Morgan fingerprint density at radius 1 is 1.32 bits per heavy atom. The van der Waals surface area contributed by atoms with Gasteiger partial charge < -0.3 is 14.6 Å². The number of Topliss-reactive ketones (excluding diaryl/α,β-unsaturated/α-hetero) is 1. The first kappa shape index (κ1) is 22.4. The third-order valence-electron chi connectivity index (χ3n) is 9.01. The second-order valence-corrected chi connectivity index (χ2v) is 10.2. The minimum Gasteiger partial charge on any atom is -0.491 e. The van der Waals surface area contributed by atoms with Crippen molar-refractivity contribution in [1.29, 1.82) is 0 Å². The van der Waals surface area contributed by atoms with Crippen molar-refractivity contribution in [1.82, 2.24) is 0 Å². The number of rotatable bonds is 5. The lowest BCUT2D eigenvalue weighted by Gasteiger charge is -2.62. The van der Waals surface area contributed by atoms with Crippen molar-refractivity contribution in [3.8, 4) is 0 Å². The van der Waals surface area contributed by atoms with Crippen LogP contribution >= 0.6 is 0 Å². The average Bonchev–Trinajstić information content (AvgIpc) is 3.00. The van der Waals surface area contributed by atoms with Crippen molar-refractivity contribution in [3.63, 3.8) is 0 Å². The smallest absolute Gasteiger partial charge is 0.202 e. The molecule has 0 aromatic rings. The van der Waals surface area contributed by atoms with Crippen molar-refractivity contribution in [2.75, 3.05) is 13.7 Å². The fourth-order valence-corrected chi connectivity index (χ4v) is 7.41. The molecule has 5 nitrogen and oxygen atoms in total. The summed E-state index contributed by atoms with van der Waals surface area (Å²) in [4.78, 5) is 25.2. The molecule has 6 heteroatoms. The molecular weight excluding hydrogens is 399 g/mol. The molecule has 0 saturated heterocycles. The number of aliphatic hydroxyl groups is 1. The molecule has 7 atom stereocenters. The standard InChI is InChI=1S/C25H33FO5/c1-15(2)31-14-21(29)24(30-5)11-9-18-19-7-6-16-12-17(27)8-10-22(16,3)25(19,26)20(28)13-23(18,24)4/h8,10,12,18-20,28H,1,6-7,9,11,13-14H2,2-5H3/t18?,19?,20-,22-,23-,24-,25-/m0/s1. The van der Waals surface area contributed by atoms with Crippen molar-refractivity contribution in [2.45, 2.75) is 70.2 Å². The number of fused-ring (bicyclic) bond motifs is 5. The normalized spacial score (nSPS) is 45.9. The molecule has 0 amide bonds. The maximum Gasteiger partial charge on any atom is 0.202 e. The molecule has 170 valence electrons. The van der Waals surface area contributed by atoms with Gasteiger partial charge in [0.2, 0.25) is 5.78 Å². The Bertz CT molecular complexity index is 892. The highest BCUT2D eigenvalue weighted by molar-refractivity contribution is 6.01. The minimum absolute atomic E-state index is 0.113. The zero-order valence-electron chi connectivity index (χ0n) is 18.9. The molecule has 0 spiro atoms. The van der Waals surface area contributed by atoms with Gasteiger partial charge >= 0.3 is 0 Å². The van der Waals surface area contributed by atoms with Crippen LogP contribution in [-0.2, 0) is 19.1 Å². The highest BCUT2D eigenvalue weighted by Crippen LogP contribution is 2.70. The molecule has 0 heterocycles. The molecule has 0 aromatic heterocycles. The van der Waals surface area contributed by atoms with Gasteiger partial charge in [-0.15, -0.1) is 0 Å². The summed E-state index contributed by atoms with van der Waals surface area (Å²) in [6.45, 7) is 8.98. The molecule has 4 aliphatic rings. The van der Waals surface area contributed by atoms with Crippen LogP contribution < -0.4 is 0 Å². The topological polar surface area (TPSA) is 72.8 Å². The number of aliphatic hydroxyl groups excluding tert-OH is 1. The molecule has 3 saturated carbocycles. The minimum atomic E-state index is -1.90. The van der Waals surface area contributed by atoms with Crippen LogP contribution in [0, 0.1) is 22.7 Å². The van der Waals surface area contributed by atoms with E-state index in [1.54, 1.807) is 19.9 Å². The molecule has 0 aliphatic heterocycles. The Balaban J connectivity index is 1.74. The molecule has 0 bridgehead atoms. The summed E-state index contributed by atoms with van der Waals surface area (Å²) in [5.74, 6) is -0.435. The van der Waals surface area contributed by atoms with Crippen LogP contribution in [0.4, 0.5) is 4.39 Å². The van der Waals surface area contributed by atoms with E-state index in [9.17, 15) is 14.7 Å². The van der Waals surface area contributed by atoms with Gasteiger partial charge in [-0.05, 0) is 64.0 Å². The Hall–Kier alpha value is -1.79. The molecule has 31 heavy (non-hydrogen) atoms. The summed E-state index contributed by atoms with van der Waals surface area (Å²) in [5.41, 5.74) is -4.04. The molecule has 4 rings (SSSR count). The fraction of sp³-hybridized carbons (Fsp3) is 0.680. The number of carbonyl (C=O) groups excluding carboxylic acids is 2. The number of ketones is 2. The molecule has 0 aromatic carbocycles. The Morgan fingerprint density at radius 2 is 2.03 bits per heavy atom. The van der Waals surface area contributed by atoms with E-state index >= 15 is 4.39 Å². The van der Waals surface area contributed by atoms with Crippen molar-refractivity contribution < 1.29 is 28.6 Å². The van der Waals surface area contributed by atoms with Gasteiger partial charge in [-0.25, -0.2) is 4.39 Å². The van der Waals surface area contributed by atoms with Crippen LogP contribution in [0.15, 0.2) is 36.1 Å². The van der Waals surface area contributed by atoms with Gasteiger partial charge in [0.15, 0.2) is 11.5 Å². The maximum atomic E-state index is 17.1. The van der Waals surface area contributed by atoms with E-state index in [0.29, 0.717) is 31.4 Å². The van der Waals surface area contributed by atoms with Gasteiger partial charge in [-0.1, -0.05) is 25.2 Å². The number of hydrogen-bond acceptors (Lipinski definition) is 5. The largest absolute Gasteiger partial charge is 0.491 e. The van der Waals surface area contributed by atoms with Crippen LogP contribution in [0.1, 0.15) is 52.9 Å². The van der Waals surface area contributed by atoms with E-state index in [-0.39, 0.29) is 30.5 Å². The number of alkyl halides is 1. The third-order valence-corrected chi connectivity index (χ3v) is 9.01. The second-order valence-electron chi connectivity index (χ2n) is 10.2. The zero-order valence-corrected chi connectivity index (χ0v) is 18.9. The summed E-state index contributed by atoms with van der Waals surface area (Å²) < 4.78 is 28.4. The first-order valence-electron chi connectivity index (χ1n) is 11.1. The number of carbonyl (C=O) groups is 2. The van der Waals surface area contributed by atoms with E-state index in [4.69, 9.17) is 9.47 Å². The maximum absolute atomic E-state index is 17.1. The quantitative estimate of drug-likeness (QED) is 0.668. The van der Waals surface area contributed by atoms with Crippen LogP contribution in [0.25, 0.3) is 0 Å². The van der Waals surface area contributed by atoms with E-state index in [2.05, 4.69) is 6.58 Å². The van der Waals surface area contributed by atoms with E-state index in [1.165, 1.54) is 19.3 Å². The lowest BCUT2D eigenvalue weighted by molar-refractivity contribution is -0.221. The van der Waals surface area contributed by atoms with Gasteiger partial charge in [0, 0.05) is 23.9 Å². The molecule has 2 unspecified atom stereocenters. The Morgan fingerprint density at radius 3 is 2.68 bits per heavy atom. The molecule has 4 aliphatic carbocycles. The summed E-state index contributed by atoms with van der Waals surface area (Å²) >= 11 is 0. The number of methoxy groups -OCH3 is 1. The lowest BCUT2D eigenvalue weighted by Crippen LogP contribution is -2.69. The molecular formula is C25H33FO5. The van der Waals surface area contributed by atoms with Crippen LogP contribution in [0.3, 0.4) is 0 Å². The third kappa shape index (κ3) is 2.73. The second kappa shape index (κ2) is 7.11. The molecule has 1 N–H and O–H groups in total. The number of allylic oxidation sites excluding steroid dienone is 5. The molecule has 3 fully saturated rings. The lowest BCUT2D eigenvalue weighted by atomic mass is 9.44. The van der Waals surface area contributed by atoms with Crippen LogP contribution in [-0.4, -0.2) is 47.8 Å². The highest BCUT2D eigenvalue weighted by Gasteiger charge is 2.74. The summed E-state index contributed by atoms with van der Waals surface area (Å²) in [5, 5.41) is 11.3. The summed E-state index contributed by atoms with van der Waals surface area (Å²) in [6.07, 6.45) is 5.68. The fourth-order valence-electron chi connectivity index (χ4n) is 7.41. The Kier molecular flexibility index (Phi) is 5.14. The predicted molar refractivity (Wildman–Crippen MR) is 114 cm³/mol. The Labute approximate surface area is 183 Å². The number of ether oxygens (including phenoxy) is 2. The van der Waals surface area contributed by atoms with Gasteiger partial charge in [0.1, 0.15) is 12.2 Å². The van der Waals surface area contributed by atoms with E-state index in [0.717, 1.165) is 5.57 Å². The average molecular weight is 433 g/mol.